The Morgan fingerprint density at radius 2 is 2.05 bits per heavy atom. The summed E-state index contributed by atoms with van der Waals surface area (Å²) >= 11 is 0. The normalized spacial score (nSPS) is 20.5. The van der Waals surface area contributed by atoms with Gasteiger partial charge in [-0.25, -0.2) is 0 Å². The van der Waals surface area contributed by atoms with Crippen LogP contribution in [0.2, 0.25) is 0 Å². The molecular weight excluding hydrogens is 304 g/mol. The third-order valence-corrected chi connectivity index (χ3v) is 4.21. The lowest BCUT2D eigenvalue weighted by Gasteiger charge is -2.28. The maximum Gasteiger partial charge on any atom is 0.257 e. The Balaban J connectivity index is 0.00000176. The van der Waals surface area contributed by atoms with E-state index in [9.17, 15) is 4.79 Å². The molecule has 6 heteroatoms. The molecule has 1 atom stereocenters. The molecule has 1 unspecified atom stereocenters. The summed E-state index contributed by atoms with van der Waals surface area (Å²) in [6, 6.07) is 5.80. The van der Waals surface area contributed by atoms with Crippen LogP contribution in [0.1, 0.15) is 29.6 Å². The Morgan fingerprint density at radius 1 is 1.23 bits per heavy atom. The van der Waals surface area contributed by atoms with Crippen LogP contribution in [0.5, 0.6) is 11.5 Å². The first-order chi connectivity index (χ1) is 10.3. The lowest BCUT2D eigenvalue weighted by molar-refractivity contribution is 0.0710. The smallest absolute Gasteiger partial charge is 0.257 e. The number of nitrogens with one attached hydrogen (secondary N) is 1. The van der Waals surface area contributed by atoms with Gasteiger partial charge in [-0.1, -0.05) is 6.07 Å². The predicted molar refractivity (Wildman–Crippen MR) is 87.3 cm³/mol. The summed E-state index contributed by atoms with van der Waals surface area (Å²) in [5.74, 6) is 1.28. The number of rotatable bonds is 2. The molecule has 122 valence electrons. The van der Waals surface area contributed by atoms with Crippen LogP contribution in [0.4, 0.5) is 0 Å². The van der Waals surface area contributed by atoms with Crippen molar-refractivity contribution in [1.29, 1.82) is 0 Å². The fourth-order valence-electron chi connectivity index (χ4n) is 2.99. The minimum Gasteiger partial charge on any atom is -0.486 e. The second-order valence-corrected chi connectivity index (χ2v) is 5.58. The molecule has 0 spiro atoms. The van der Waals surface area contributed by atoms with Gasteiger partial charge in [-0.15, -0.1) is 12.4 Å². The van der Waals surface area contributed by atoms with E-state index in [1.54, 1.807) is 0 Å². The first-order valence-electron chi connectivity index (χ1n) is 7.64. The Bertz CT molecular complexity index is 516. The highest BCUT2D eigenvalue weighted by Gasteiger charge is 2.26. The Labute approximate surface area is 137 Å². The van der Waals surface area contributed by atoms with Gasteiger partial charge in [-0.2, -0.15) is 0 Å². The quantitative estimate of drug-likeness (QED) is 0.904. The van der Waals surface area contributed by atoms with Crippen molar-refractivity contribution in [2.24, 2.45) is 0 Å². The van der Waals surface area contributed by atoms with E-state index in [1.807, 2.05) is 30.1 Å². The molecule has 0 saturated carbocycles. The van der Waals surface area contributed by atoms with Crippen LogP contribution < -0.4 is 14.8 Å². The number of halogens is 1. The monoisotopic (exact) mass is 326 g/mol. The van der Waals surface area contributed by atoms with Gasteiger partial charge in [0.1, 0.15) is 13.2 Å². The van der Waals surface area contributed by atoms with Crippen LogP contribution in [0.15, 0.2) is 18.2 Å². The Kier molecular flexibility index (Phi) is 5.91. The average Bonchev–Trinajstić information content (AvgIpc) is 2.82. The number of amides is 1. The van der Waals surface area contributed by atoms with Crippen LogP contribution in [0.3, 0.4) is 0 Å². The molecule has 0 aliphatic carbocycles. The van der Waals surface area contributed by atoms with Gasteiger partial charge in [0, 0.05) is 13.1 Å². The molecule has 5 nitrogen and oxygen atoms in total. The van der Waals surface area contributed by atoms with E-state index in [0.29, 0.717) is 30.3 Å². The average molecular weight is 327 g/mol. The molecule has 1 aromatic rings. The van der Waals surface area contributed by atoms with Gasteiger partial charge in [-0.3, -0.25) is 4.79 Å². The summed E-state index contributed by atoms with van der Waals surface area (Å²) < 4.78 is 11.2. The highest BCUT2D eigenvalue weighted by Crippen LogP contribution is 2.34. The van der Waals surface area contributed by atoms with E-state index in [-0.39, 0.29) is 24.4 Å². The van der Waals surface area contributed by atoms with Crippen LogP contribution >= 0.6 is 12.4 Å². The molecule has 2 heterocycles. The zero-order chi connectivity index (χ0) is 14.7. The molecule has 0 aromatic heterocycles. The van der Waals surface area contributed by atoms with E-state index in [2.05, 4.69) is 5.32 Å². The van der Waals surface area contributed by atoms with E-state index in [0.717, 1.165) is 32.4 Å². The minimum atomic E-state index is 0. The van der Waals surface area contributed by atoms with Gasteiger partial charge in [0.15, 0.2) is 11.5 Å². The van der Waals surface area contributed by atoms with Crippen LogP contribution in [0.25, 0.3) is 0 Å². The van der Waals surface area contributed by atoms with Crippen molar-refractivity contribution in [1.82, 2.24) is 10.2 Å². The number of benzene rings is 1. The summed E-state index contributed by atoms with van der Waals surface area (Å²) in [7, 11) is 1.89. The van der Waals surface area contributed by atoms with E-state index in [4.69, 9.17) is 9.47 Å². The molecule has 1 amide bonds. The second kappa shape index (κ2) is 7.70. The highest BCUT2D eigenvalue weighted by atomic mass is 35.5. The van der Waals surface area contributed by atoms with Gasteiger partial charge >= 0.3 is 0 Å². The first kappa shape index (κ1) is 16.9. The molecule has 1 N–H and O–H groups in total. The van der Waals surface area contributed by atoms with E-state index in [1.165, 1.54) is 0 Å². The first-order valence-corrected chi connectivity index (χ1v) is 7.64. The zero-order valence-corrected chi connectivity index (χ0v) is 13.7. The number of carbonyl (C=O) groups is 1. The number of para-hydroxylation sites is 1. The van der Waals surface area contributed by atoms with Gasteiger partial charge < -0.3 is 19.7 Å². The number of ether oxygens (including phenoxy) is 2. The summed E-state index contributed by atoms with van der Waals surface area (Å²) in [6.45, 7) is 3.04. The van der Waals surface area contributed by atoms with Crippen molar-refractivity contribution in [3.63, 3.8) is 0 Å². The molecule has 0 bridgehead atoms. The van der Waals surface area contributed by atoms with Crippen molar-refractivity contribution in [3.8, 4) is 11.5 Å². The summed E-state index contributed by atoms with van der Waals surface area (Å²) in [5, 5.41) is 3.38. The van der Waals surface area contributed by atoms with Crippen molar-refractivity contribution < 1.29 is 14.3 Å². The SMILES string of the molecule is CN(C(=O)c1cccc2c1OCCO2)C1CCCNCC1.Cl. The molecule has 1 aromatic carbocycles. The molecular formula is C16H23ClN2O3. The van der Waals surface area contributed by atoms with Crippen LogP contribution in [0, 0.1) is 0 Å². The van der Waals surface area contributed by atoms with Gasteiger partial charge in [0.05, 0.1) is 5.56 Å². The Morgan fingerprint density at radius 3 is 2.91 bits per heavy atom. The molecule has 22 heavy (non-hydrogen) atoms. The number of hydrogen-bond donors (Lipinski definition) is 1. The highest BCUT2D eigenvalue weighted by molar-refractivity contribution is 5.98. The minimum absolute atomic E-state index is 0. The summed E-state index contributed by atoms with van der Waals surface area (Å²) in [6.07, 6.45) is 3.14. The largest absolute Gasteiger partial charge is 0.486 e. The topological polar surface area (TPSA) is 50.8 Å². The molecule has 1 fully saturated rings. The maximum atomic E-state index is 12.8. The van der Waals surface area contributed by atoms with Crippen LogP contribution in [-0.2, 0) is 0 Å². The second-order valence-electron chi connectivity index (χ2n) is 5.58. The summed E-state index contributed by atoms with van der Waals surface area (Å²) in [4.78, 5) is 14.7. The van der Waals surface area contributed by atoms with Gasteiger partial charge in [0.25, 0.3) is 5.91 Å². The molecule has 2 aliphatic heterocycles. The molecule has 2 aliphatic rings. The fraction of sp³-hybridized carbons (Fsp3) is 0.562. The molecule has 3 rings (SSSR count). The van der Waals surface area contributed by atoms with Crippen molar-refractivity contribution in [3.05, 3.63) is 23.8 Å². The lowest BCUT2D eigenvalue weighted by Crippen LogP contribution is -2.38. The van der Waals surface area contributed by atoms with E-state index >= 15 is 0 Å². The van der Waals surface area contributed by atoms with Gasteiger partial charge in [-0.05, 0) is 44.5 Å². The number of hydrogen-bond acceptors (Lipinski definition) is 4. The summed E-state index contributed by atoms with van der Waals surface area (Å²) in [5.41, 5.74) is 0.604. The van der Waals surface area contributed by atoms with Crippen molar-refractivity contribution >= 4 is 18.3 Å². The standard InChI is InChI=1S/C16H22N2O3.ClH/c1-18(12-4-3-8-17-9-7-12)16(19)13-5-2-6-14-15(13)21-11-10-20-14;/h2,5-6,12,17H,3-4,7-11H2,1H3;1H. The van der Waals surface area contributed by atoms with E-state index < -0.39 is 0 Å². The number of fused-ring (bicyclic) bond motifs is 1. The zero-order valence-electron chi connectivity index (χ0n) is 12.8. The third-order valence-electron chi connectivity index (χ3n) is 4.21. The predicted octanol–water partition coefficient (Wildman–Crippen LogP) is 2.09. The van der Waals surface area contributed by atoms with Crippen LogP contribution in [-0.4, -0.2) is 50.2 Å². The van der Waals surface area contributed by atoms with Crippen molar-refractivity contribution in [2.75, 3.05) is 33.4 Å². The maximum absolute atomic E-state index is 12.8. The molecule has 1 saturated heterocycles. The Hall–Kier alpha value is -1.46. The van der Waals surface area contributed by atoms with Crippen molar-refractivity contribution in [2.45, 2.75) is 25.3 Å². The number of carbonyl (C=O) groups excluding carboxylic acids is 1. The lowest BCUT2D eigenvalue weighted by atomic mass is 10.1. The third kappa shape index (κ3) is 3.47. The fourth-order valence-corrected chi connectivity index (χ4v) is 2.99. The number of nitrogens with zero attached hydrogens (tertiary/aromatic N) is 1. The molecule has 0 radical (unpaired) electrons. The van der Waals surface area contributed by atoms with Gasteiger partial charge in [0.2, 0.25) is 0 Å².